The number of rotatable bonds is 5. The highest BCUT2D eigenvalue weighted by atomic mass is 16.5. The minimum absolute atomic E-state index is 0.00752. The van der Waals surface area contributed by atoms with Crippen LogP contribution in [-0.4, -0.2) is 30.0 Å². The van der Waals surface area contributed by atoms with Gasteiger partial charge < -0.3 is 10.1 Å². The molecule has 0 spiro atoms. The van der Waals surface area contributed by atoms with Gasteiger partial charge in [0.05, 0.1) is 0 Å². The van der Waals surface area contributed by atoms with Crippen LogP contribution < -0.4 is 5.32 Å². The van der Waals surface area contributed by atoms with E-state index >= 15 is 0 Å². The molecule has 0 aromatic rings. The first-order valence-corrected chi connectivity index (χ1v) is 5.60. The van der Waals surface area contributed by atoms with E-state index in [4.69, 9.17) is 4.74 Å². The highest BCUT2D eigenvalue weighted by Crippen LogP contribution is 2.20. The summed E-state index contributed by atoms with van der Waals surface area (Å²) in [6, 6.07) is -0.230. The quantitative estimate of drug-likeness (QED) is 0.750. The average Bonchev–Trinajstić information content (AvgIpc) is 2.60. The fourth-order valence-electron chi connectivity index (χ4n) is 1.65. The largest absolute Gasteiger partial charge is 0.368 e. The van der Waals surface area contributed by atoms with Crippen LogP contribution >= 0.6 is 0 Å². The summed E-state index contributed by atoms with van der Waals surface area (Å²) in [7, 11) is 0. The summed E-state index contributed by atoms with van der Waals surface area (Å²) in [5.41, 5.74) is -0.450. The van der Waals surface area contributed by atoms with E-state index in [2.05, 4.69) is 10.3 Å². The molecule has 0 aliphatic carbocycles. The second kappa shape index (κ2) is 4.75. The molecule has 0 aromatic heterocycles. The Hall–Kier alpha value is -0.900. The van der Waals surface area contributed by atoms with Crippen LogP contribution in [0.15, 0.2) is 4.99 Å². The Balaban J connectivity index is 2.83. The van der Waals surface area contributed by atoms with Gasteiger partial charge in [-0.25, -0.2) is 0 Å². The van der Waals surface area contributed by atoms with Gasteiger partial charge in [-0.05, 0) is 26.7 Å². The molecule has 1 rings (SSSR count). The monoisotopic (exact) mass is 212 g/mol. The van der Waals surface area contributed by atoms with Crippen molar-refractivity contribution in [2.75, 3.05) is 6.61 Å². The normalized spacial score (nSPS) is 24.7. The molecule has 0 bridgehead atoms. The van der Waals surface area contributed by atoms with Crippen molar-refractivity contribution in [1.82, 2.24) is 5.32 Å². The van der Waals surface area contributed by atoms with Crippen LogP contribution in [0.3, 0.4) is 0 Å². The van der Waals surface area contributed by atoms with E-state index in [1.165, 1.54) is 0 Å². The molecule has 1 N–H and O–H groups in total. The standard InChI is InChI=1S/C11H20N2O2/c1-5-8-9(14)13-10(12-8)11(4,6-2)15-7-3/h8H,5-7H2,1-4H3,(H,12,13,14). The van der Waals surface area contributed by atoms with E-state index in [9.17, 15) is 4.79 Å². The molecule has 2 unspecified atom stereocenters. The van der Waals surface area contributed by atoms with Crippen molar-refractivity contribution in [3.05, 3.63) is 0 Å². The average molecular weight is 212 g/mol. The number of amides is 1. The van der Waals surface area contributed by atoms with Crippen LogP contribution in [0.1, 0.15) is 40.5 Å². The molecule has 1 heterocycles. The fraction of sp³-hybridized carbons (Fsp3) is 0.818. The smallest absolute Gasteiger partial charge is 0.250 e. The van der Waals surface area contributed by atoms with Crippen molar-refractivity contribution in [2.24, 2.45) is 4.99 Å². The van der Waals surface area contributed by atoms with Crippen LogP contribution in [0.5, 0.6) is 0 Å². The summed E-state index contributed by atoms with van der Waals surface area (Å²) in [5, 5.41) is 2.82. The number of carbonyl (C=O) groups is 1. The number of ether oxygens (including phenoxy) is 1. The molecule has 0 aromatic carbocycles. The van der Waals surface area contributed by atoms with Crippen molar-refractivity contribution in [3.8, 4) is 0 Å². The summed E-state index contributed by atoms with van der Waals surface area (Å²) in [6.45, 7) is 8.52. The first kappa shape index (κ1) is 12.2. The zero-order valence-corrected chi connectivity index (χ0v) is 9.96. The fourth-order valence-corrected chi connectivity index (χ4v) is 1.65. The number of hydrogen-bond donors (Lipinski definition) is 1. The number of carbonyl (C=O) groups excluding carboxylic acids is 1. The van der Waals surface area contributed by atoms with Gasteiger partial charge in [-0.15, -0.1) is 0 Å². The molecule has 1 aliphatic heterocycles. The molecule has 2 atom stereocenters. The maximum Gasteiger partial charge on any atom is 0.250 e. The SMILES string of the molecule is CCOC(C)(CC)C1=NC(CC)C(=O)N1. The van der Waals surface area contributed by atoms with E-state index in [0.717, 1.165) is 12.8 Å². The molecule has 0 radical (unpaired) electrons. The van der Waals surface area contributed by atoms with Gasteiger partial charge >= 0.3 is 0 Å². The molecular weight excluding hydrogens is 192 g/mol. The third-order valence-electron chi connectivity index (χ3n) is 2.85. The van der Waals surface area contributed by atoms with Gasteiger partial charge in [0.15, 0.2) is 0 Å². The number of nitrogens with one attached hydrogen (secondary N) is 1. The highest BCUT2D eigenvalue weighted by Gasteiger charge is 2.36. The molecule has 15 heavy (non-hydrogen) atoms. The summed E-state index contributed by atoms with van der Waals surface area (Å²) in [6.07, 6.45) is 1.54. The Morgan fingerprint density at radius 3 is 2.53 bits per heavy atom. The minimum atomic E-state index is -0.450. The molecule has 1 aliphatic rings. The molecular formula is C11H20N2O2. The highest BCUT2D eigenvalue weighted by molar-refractivity contribution is 6.09. The lowest BCUT2D eigenvalue weighted by Gasteiger charge is -2.27. The molecule has 4 nitrogen and oxygen atoms in total. The number of hydrogen-bond acceptors (Lipinski definition) is 3. The molecule has 86 valence electrons. The van der Waals surface area contributed by atoms with Gasteiger partial charge in [-0.3, -0.25) is 9.79 Å². The molecule has 0 fully saturated rings. The molecule has 0 saturated heterocycles. The third-order valence-corrected chi connectivity index (χ3v) is 2.85. The second-order valence-corrected chi connectivity index (χ2v) is 3.91. The Kier molecular flexibility index (Phi) is 3.85. The van der Waals surface area contributed by atoms with E-state index in [0.29, 0.717) is 12.4 Å². The topological polar surface area (TPSA) is 50.7 Å². The lowest BCUT2D eigenvalue weighted by molar-refractivity contribution is -0.120. The Labute approximate surface area is 91.1 Å². The Bertz CT molecular complexity index is 276. The van der Waals surface area contributed by atoms with Gasteiger partial charge in [-0.1, -0.05) is 13.8 Å². The van der Waals surface area contributed by atoms with Crippen molar-refractivity contribution < 1.29 is 9.53 Å². The zero-order valence-electron chi connectivity index (χ0n) is 9.96. The van der Waals surface area contributed by atoms with Gasteiger partial charge in [0.25, 0.3) is 0 Å². The molecule has 4 heteroatoms. The van der Waals surface area contributed by atoms with Crippen molar-refractivity contribution in [3.63, 3.8) is 0 Å². The molecule has 1 amide bonds. The first-order valence-electron chi connectivity index (χ1n) is 5.60. The van der Waals surface area contributed by atoms with Crippen LogP contribution in [-0.2, 0) is 9.53 Å². The van der Waals surface area contributed by atoms with Gasteiger partial charge in [0.2, 0.25) is 5.91 Å². The summed E-state index contributed by atoms with van der Waals surface area (Å²) < 4.78 is 5.66. The van der Waals surface area contributed by atoms with Crippen LogP contribution in [0.2, 0.25) is 0 Å². The second-order valence-electron chi connectivity index (χ2n) is 3.91. The maximum atomic E-state index is 11.5. The van der Waals surface area contributed by atoms with Crippen molar-refractivity contribution in [1.29, 1.82) is 0 Å². The van der Waals surface area contributed by atoms with Gasteiger partial charge in [-0.2, -0.15) is 0 Å². The third kappa shape index (κ3) is 2.37. The predicted molar refractivity (Wildman–Crippen MR) is 60.0 cm³/mol. The maximum absolute atomic E-state index is 11.5. The van der Waals surface area contributed by atoms with E-state index < -0.39 is 5.60 Å². The van der Waals surface area contributed by atoms with Gasteiger partial charge in [0.1, 0.15) is 17.5 Å². The first-order chi connectivity index (χ1) is 7.07. The van der Waals surface area contributed by atoms with E-state index in [1.807, 2.05) is 27.7 Å². The lowest BCUT2D eigenvalue weighted by Crippen LogP contribution is -2.45. The number of nitrogens with zero attached hydrogens (tertiary/aromatic N) is 1. The summed E-state index contributed by atoms with van der Waals surface area (Å²) >= 11 is 0. The van der Waals surface area contributed by atoms with Crippen LogP contribution in [0.25, 0.3) is 0 Å². The Morgan fingerprint density at radius 2 is 2.13 bits per heavy atom. The summed E-state index contributed by atoms with van der Waals surface area (Å²) in [4.78, 5) is 15.9. The van der Waals surface area contributed by atoms with Crippen LogP contribution in [0, 0.1) is 0 Å². The summed E-state index contributed by atoms with van der Waals surface area (Å²) in [5.74, 6) is 0.676. The number of aliphatic imine (C=N–C) groups is 1. The predicted octanol–water partition coefficient (Wildman–Crippen LogP) is 1.50. The Morgan fingerprint density at radius 1 is 1.47 bits per heavy atom. The zero-order chi connectivity index (χ0) is 11.5. The lowest BCUT2D eigenvalue weighted by atomic mass is 10.0. The minimum Gasteiger partial charge on any atom is -0.368 e. The van der Waals surface area contributed by atoms with Crippen molar-refractivity contribution >= 4 is 11.7 Å². The van der Waals surface area contributed by atoms with E-state index in [1.54, 1.807) is 0 Å². The van der Waals surface area contributed by atoms with Gasteiger partial charge in [0, 0.05) is 6.61 Å². The van der Waals surface area contributed by atoms with Crippen LogP contribution in [0.4, 0.5) is 0 Å². The van der Waals surface area contributed by atoms with Crippen molar-refractivity contribution in [2.45, 2.75) is 52.2 Å². The van der Waals surface area contributed by atoms with E-state index in [-0.39, 0.29) is 11.9 Å². The molecule has 0 saturated carbocycles. The number of amidine groups is 1.